The van der Waals surface area contributed by atoms with E-state index in [9.17, 15) is 9.59 Å². The highest BCUT2D eigenvalue weighted by Crippen LogP contribution is 2.45. The second-order valence-electron chi connectivity index (χ2n) is 9.33. The Kier molecular flexibility index (Phi) is 7.99. The molecule has 0 spiro atoms. The van der Waals surface area contributed by atoms with Gasteiger partial charge in [0.25, 0.3) is 0 Å². The second kappa shape index (κ2) is 11.2. The van der Waals surface area contributed by atoms with Crippen LogP contribution in [0.5, 0.6) is 0 Å². The van der Waals surface area contributed by atoms with Crippen LogP contribution < -0.4 is 0 Å². The molecule has 2 aliphatic rings. The van der Waals surface area contributed by atoms with Crippen molar-refractivity contribution < 1.29 is 14.3 Å². The van der Waals surface area contributed by atoms with Crippen LogP contribution in [0, 0.1) is 0 Å². The van der Waals surface area contributed by atoms with Gasteiger partial charge in [-0.1, -0.05) is 87.1 Å². The van der Waals surface area contributed by atoms with Crippen molar-refractivity contribution in [3.63, 3.8) is 0 Å². The van der Waals surface area contributed by atoms with Gasteiger partial charge in [-0.2, -0.15) is 0 Å². The number of hydrogen-bond donors (Lipinski definition) is 0. The summed E-state index contributed by atoms with van der Waals surface area (Å²) in [4.78, 5) is 34.9. The fourth-order valence-electron chi connectivity index (χ4n) is 4.53. The van der Waals surface area contributed by atoms with E-state index < -0.39 is 12.0 Å². The van der Waals surface area contributed by atoms with Crippen LogP contribution in [-0.2, 0) is 20.9 Å². The maximum atomic E-state index is 13.2. The molecule has 6 nitrogen and oxygen atoms in total. The minimum Gasteiger partial charge on any atom is -0.466 e. The number of amides is 1. The van der Waals surface area contributed by atoms with E-state index >= 15 is 0 Å². The lowest BCUT2D eigenvalue weighted by atomic mass is 9.91. The number of thioether (sulfide) groups is 1. The summed E-state index contributed by atoms with van der Waals surface area (Å²) in [6.45, 7) is 6.84. The van der Waals surface area contributed by atoms with Crippen molar-refractivity contribution in [3.8, 4) is 0 Å². The van der Waals surface area contributed by atoms with E-state index in [1.165, 1.54) is 24.4 Å². The minimum atomic E-state index is -0.408. The lowest BCUT2D eigenvalue weighted by Crippen LogP contribution is -2.38. The number of hydrogen-bond acceptors (Lipinski definition) is 6. The molecule has 0 bridgehead atoms. The first-order valence-electron chi connectivity index (χ1n) is 12.3. The van der Waals surface area contributed by atoms with E-state index in [1.54, 1.807) is 4.90 Å². The molecule has 1 amide bonds. The molecule has 36 heavy (non-hydrogen) atoms. The van der Waals surface area contributed by atoms with Gasteiger partial charge in [0.15, 0.2) is 5.17 Å². The van der Waals surface area contributed by atoms with Crippen LogP contribution in [-0.4, -0.2) is 41.0 Å². The van der Waals surface area contributed by atoms with Crippen LogP contribution >= 0.6 is 11.8 Å². The maximum Gasteiger partial charge on any atom is 0.338 e. The summed E-state index contributed by atoms with van der Waals surface area (Å²) in [6, 6.07) is 17.9. The number of rotatable bonds is 8. The Morgan fingerprint density at radius 1 is 1.11 bits per heavy atom. The molecule has 2 heterocycles. The van der Waals surface area contributed by atoms with E-state index in [2.05, 4.69) is 38.1 Å². The van der Waals surface area contributed by atoms with Crippen molar-refractivity contribution >= 4 is 28.8 Å². The Balaban J connectivity index is 1.66. The number of carbonyl (C=O) groups excluding carboxylic acids is 2. The van der Waals surface area contributed by atoms with Crippen molar-refractivity contribution in [2.24, 2.45) is 4.99 Å². The van der Waals surface area contributed by atoms with Gasteiger partial charge >= 0.3 is 5.97 Å². The normalized spacial score (nSPS) is 17.1. The monoisotopic (exact) mass is 503 g/mol. The number of ether oxygens (including phenoxy) is 1. The average Bonchev–Trinajstić information content (AvgIpc) is 3.29. The number of benzene rings is 2. The largest absolute Gasteiger partial charge is 0.466 e. The van der Waals surface area contributed by atoms with E-state index in [1.807, 2.05) is 54.6 Å². The Morgan fingerprint density at radius 3 is 2.42 bits per heavy atom. The Labute approximate surface area is 217 Å². The van der Waals surface area contributed by atoms with Crippen LogP contribution in [0.1, 0.15) is 62.3 Å². The highest BCUT2D eigenvalue weighted by Gasteiger charge is 2.41. The van der Waals surface area contributed by atoms with Gasteiger partial charge in [-0.25, -0.2) is 9.79 Å². The predicted molar refractivity (Wildman–Crippen MR) is 145 cm³/mol. The van der Waals surface area contributed by atoms with Crippen LogP contribution in [0.4, 0.5) is 0 Å². The molecule has 0 saturated heterocycles. The summed E-state index contributed by atoms with van der Waals surface area (Å²) in [5.41, 5.74) is 5.36. The summed E-state index contributed by atoms with van der Waals surface area (Å²) in [5, 5.41) is 2.77. The first-order valence-corrected chi connectivity index (χ1v) is 13.1. The molecule has 0 N–H and O–H groups in total. The molecule has 4 rings (SSSR count). The summed E-state index contributed by atoms with van der Waals surface area (Å²) in [6.07, 6.45) is 0.822. The molecule has 0 aliphatic carbocycles. The van der Waals surface area contributed by atoms with Crippen molar-refractivity contribution in [2.75, 3.05) is 14.2 Å². The number of aliphatic imine (C=N–C) groups is 1. The number of fused-ring (bicyclic) bond motifs is 1. The molecule has 1 atom stereocenters. The zero-order valence-electron chi connectivity index (χ0n) is 21.5. The molecule has 188 valence electrons. The van der Waals surface area contributed by atoms with Gasteiger partial charge in [0.1, 0.15) is 0 Å². The van der Waals surface area contributed by atoms with Crippen LogP contribution in [0.3, 0.4) is 0 Å². The molecule has 0 saturated carbocycles. The number of methoxy groups -OCH3 is 1. The van der Waals surface area contributed by atoms with Gasteiger partial charge in [0, 0.05) is 19.3 Å². The zero-order valence-corrected chi connectivity index (χ0v) is 22.3. The Morgan fingerprint density at radius 2 is 1.81 bits per heavy atom. The van der Waals surface area contributed by atoms with Gasteiger partial charge in [-0.05, 0) is 34.4 Å². The number of nitrogens with zero attached hydrogens (tertiary/aromatic N) is 3. The average molecular weight is 504 g/mol. The SMILES string of the molecule is CCC1=C(C(=O)OC)[C@H](c2ccc(C(C)C)cc2)N2C(CC(=O)N(C)Cc3ccccc3)=CSC2=N1. The lowest BCUT2D eigenvalue weighted by molar-refractivity contribution is -0.136. The van der Waals surface area contributed by atoms with Gasteiger partial charge < -0.3 is 14.5 Å². The smallest absolute Gasteiger partial charge is 0.338 e. The predicted octanol–water partition coefficient (Wildman–Crippen LogP) is 6.00. The maximum absolute atomic E-state index is 13.2. The zero-order chi connectivity index (χ0) is 25.8. The van der Waals surface area contributed by atoms with Crippen molar-refractivity contribution in [1.29, 1.82) is 0 Å². The van der Waals surface area contributed by atoms with E-state index in [0.717, 1.165) is 27.7 Å². The van der Waals surface area contributed by atoms with Crippen molar-refractivity contribution in [1.82, 2.24) is 9.80 Å². The lowest BCUT2D eigenvalue weighted by Gasteiger charge is -2.37. The summed E-state index contributed by atoms with van der Waals surface area (Å²) in [7, 11) is 3.22. The van der Waals surface area contributed by atoms with Crippen LogP contribution in [0.25, 0.3) is 0 Å². The third-order valence-corrected chi connectivity index (χ3v) is 7.46. The van der Waals surface area contributed by atoms with E-state index in [0.29, 0.717) is 24.5 Å². The molecule has 0 aromatic heterocycles. The standard InChI is InChI=1S/C29H33N3O3S/c1-6-24-26(28(34)35-5)27(22-14-12-21(13-15-22)19(2)3)32-23(18-36-29(32)30-24)16-25(33)31(4)17-20-10-8-7-9-11-20/h7-15,18-19,27H,6,16-17H2,1-5H3/t27-/m0/s1. The Bertz CT molecular complexity index is 1220. The molecule has 2 aliphatic heterocycles. The van der Waals surface area contributed by atoms with Gasteiger partial charge in [-0.15, -0.1) is 0 Å². The number of amidine groups is 1. The molecular formula is C29H33N3O3S. The highest BCUT2D eigenvalue weighted by atomic mass is 32.2. The van der Waals surface area contributed by atoms with Crippen LogP contribution in [0.15, 0.2) is 82.0 Å². The topological polar surface area (TPSA) is 62.2 Å². The molecule has 2 aromatic rings. The molecule has 0 radical (unpaired) electrons. The minimum absolute atomic E-state index is 0.00532. The van der Waals surface area contributed by atoms with Gasteiger partial charge in [0.2, 0.25) is 5.91 Å². The van der Waals surface area contributed by atoms with Gasteiger partial charge in [0.05, 0.1) is 30.8 Å². The first kappa shape index (κ1) is 25.8. The van der Waals surface area contributed by atoms with Crippen molar-refractivity contribution in [3.05, 3.63) is 93.7 Å². The number of esters is 1. The molecular weight excluding hydrogens is 470 g/mol. The molecule has 7 heteroatoms. The molecule has 0 fully saturated rings. The van der Waals surface area contributed by atoms with Crippen molar-refractivity contribution in [2.45, 2.75) is 52.1 Å². The highest BCUT2D eigenvalue weighted by molar-refractivity contribution is 8.16. The number of carbonyl (C=O) groups is 2. The summed E-state index contributed by atoms with van der Waals surface area (Å²) >= 11 is 1.50. The fourth-order valence-corrected chi connectivity index (χ4v) is 5.46. The van der Waals surface area contributed by atoms with E-state index in [4.69, 9.17) is 9.73 Å². The van der Waals surface area contributed by atoms with Gasteiger partial charge in [-0.3, -0.25) is 4.79 Å². The second-order valence-corrected chi connectivity index (χ2v) is 10.2. The summed E-state index contributed by atoms with van der Waals surface area (Å²) < 4.78 is 5.21. The van der Waals surface area contributed by atoms with Crippen LogP contribution in [0.2, 0.25) is 0 Å². The quantitative estimate of drug-likeness (QED) is 0.414. The third-order valence-electron chi connectivity index (χ3n) is 6.57. The first-order chi connectivity index (χ1) is 17.3. The molecule has 0 unspecified atom stereocenters. The fraction of sp³-hybridized carbons (Fsp3) is 0.345. The number of allylic oxidation sites excluding steroid dienone is 1. The third kappa shape index (κ3) is 5.26. The Hall–Kier alpha value is -3.32. The van der Waals surface area contributed by atoms with E-state index in [-0.39, 0.29) is 12.3 Å². The molecule has 2 aromatic carbocycles. The summed E-state index contributed by atoms with van der Waals surface area (Å²) in [5.74, 6) is 0.0158.